The Labute approximate surface area is 215 Å². The maximum Gasteiger partial charge on any atom is 0.272 e. The van der Waals surface area contributed by atoms with Gasteiger partial charge in [0.1, 0.15) is 6.61 Å². The number of carbonyl (C=O) groups is 1. The minimum atomic E-state index is -0.363. The normalized spacial score (nSPS) is 20.5. The number of hydrogen-bond donors (Lipinski definition) is 1. The first-order valence-electron chi connectivity index (χ1n) is 11.9. The van der Waals surface area contributed by atoms with Crippen molar-refractivity contribution in [1.82, 2.24) is 4.90 Å². The maximum atomic E-state index is 12.7. The van der Waals surface area contributed by atoms with E-state index in [0.717, 1.165) is 37.1 Å². The molecule has 10 heteroatoms. The summed E-state index contributed by atoms with van der Waals surface area (Å²) in [6.45, 7) is 4.54. The molecule has 1 amide bonds. The molecule has 188 valence electrons. The largest absolute Gasteiger partial charge is 0.382 e. The molecule has 4 rings (SSSR count). The molecule has 1 saturated heterocycles. The van der Waals surface area contributed by atoms with Crippen LogP contribution in [0.15, 0.2) is 36.4 Å². The number of ether oxygens (including phenoxy) is 1. The van der Waals surface area contributed by atoms with Gasteiger partial charge in [0.25, 0.3) is 5.69 Å². The zero-order valence-corrected chi connectivity index (χ0v) is 21.2. The topological polar surface area (TPSA) is 88.0 Å². The van der Waals surface area contributed by atoms with Crippen LogP contribution < -0.4 is 10.2 Å². The Morgan fingerprint density at radius 1 is 1.09 bits per heavy atom. The number of carbonyl (C=O) groups excluding carboxylic acids is 1. The van der Waals surface area contributed by atoms with Crippen molar-refractivity contribution >= 4 is 46.2 Å². The van der Waals surface area contributed by atoms with Crippen LogP contribution >= 0.6 is 23.2 Å². The van der Waals surface area contributed by atoms with Crippen molar-refractivity contribution in [1.29, 1.82) is 0 Å². The molecule has 1 heterocycles. The molecule has 1 aliphatic heterocycles. The summed E-state index contributed by atoms with van der Waals surface area (Å²) >= 11 is 12.3. The van der Waals surface area contributed by atoms with E-state index < -0.39 is 0 Å². The highest BCUT2D eigenvalue weighted by molar-refractivity contribution is 6.36. The van der Waals surface area contributed by atoms with Gasteiger partial charge in [0.2, 0.25) is 5.91 Å². The van der Waals surface area contributed by atoms with Crippen LogP contribution in [0.5, 0.6) is 0 Å². The van der Waals surface area contributed by atoms with E-state index in [0.29, 0.717) is 47.8 Å². The number of nitrogens with one attached hydrogen (secondary N) is 1. The van der Waals surface area contributed by atoms with Crippen molar-refractivity contribution in [2.45, 2.75) is 44.8 Å². The van der Waals surface area contributed by atoms with Crippen molar-refractivity contribution in [3.05, 3.63) is 62.1 Å². The Bertz CT molecular complexity index is 1070. The minimum absolute atomic E-state index is 0.0217. The number of nitro groups is 1. The number of hydrogen-bond acceptors (Lipinski definition) is 6. The Morgan fingerprint density at radius 3 is 2.43 bits per heavy atom. The van der Waals surface area contributed by atoms with Crippen LogP contribution in [-0.2, 0) is 9.53 Å². The predicted molar refractivity (Wildman–Crippen MR) is 139 cm³/mol. The third-order valence-corrected chi connectivity index (χ3v) is 7.30. The van der Waals surface area contributed by atoms with Crippen LogP contribution in [0.4, 0.5) is 17.1 Å². The zero-order valence-electron chi connectivity index (χ0n) is 19.7. The van der Waals surface area contributed by atoms with Gasteiger partial charge in [-0.3, -0.25) is 14.9 Å². The maximum absolute atomic E-state index is 12.7. The van der Waals surface area contributed by atoms with Gasteiger partial charge in [-0.05, 0) is 62.9 Å². The number of aryl methyl sites for hydroxylation is 1. The molecule has 0 bridgehead atoms. The van der Waals surface area contributed by atoms with Crippen LogP contribution in [0.25, 0.3) is 0 Å². The van der Waals surface area contributed by atoms with Crippen molar-refractivity contribution in [3.63, 3.8) is 0 Å². The second-order valence-corrected chi connectivity index (χ2v) is 9.99. The number of halogens is 2. The van der Waals surface area contributed by atoms with Gasteiger partial charge >= 0.3 is 0 Å². The smallest absolute Gasteiger partial charge is 0.272 e. The molecule has 1 aliphatic carbocycles. The van der Waals surface area contributed by atoms with E-state index in [1.165, 1.54) is 0 Å². The summed E-state index contributed by atoms with van der Waals surface area (Å²) in [4.78, 5) is 27.3. The van der Waals surface area contributed by atoms with Crippen molar-refractivity contribution < 1.29 is 14.5 Å². The molecule has 0 aromatic heterocycles. The summed E-state index contributed by atoms with van der Waals surface area (Å²) in [5.74, 6) is 0.0217. The molecule has 0 unspecified atom stereocenters. The lowest BCUT2D eigenvalue weighted by atomic mass is 9.92. The fourth-order valence-electron chi connectivity index (χ4n) is 4.77. The molecule has 2 aromatic rings. The van der Waals surface area contributed by atoms with Gasteiger partial charge in [-0.1, -0.05) is 23.2 Å². The molecule has 2 aromatic carbocycles. The van der Waals surface area contributed by atoms with Gasteiger partial charge < -0.3 is 19.9 Å². The standard InChI is InChI=1S/C25H30Cl2N4O4/c1-17-14-20(5-9-23(17)31(33)34)28-19-3-6-21(7-4-19)35-16-25(32)30-12-10-29(11-13-30)24-8-2-18(26)15-22(24)27/h2,5,8-9,14-15,19,21,28H,3-4,6-7,10-13,16H2,1H3. The molecule has 0 radical (unpaired) electrons. The zero-order chi connectivity index (χ0) is 24.9. The van der Waals surface area contributed by atoms with Crippen LogP contribution in [0.2, 0.25) is 10.0 Å². The van der Waals surface area contributed by atoms with E-state index in [1.807, 2.05) is 23.1 Å². The summed E-state index contributed by atoms with van der Waals surface area (Å²) in [6, 6.07) is 10.9. The van der Waals surface area contributed by atoms with E-state index in [-0.39, 0.29) is 29.2 Å². The lowest BCUT2D eigenvalue weighted by Crippen LogP contribution is -2.50. The number of amides is 1. The summed E-state index contributed by atoms with van der Waals surface area (Å²) in [7, 11) is 0. The Hall–Kier alpha value is -2.55. The van der Waals surface area contributed by atoms with Crippen molar-refractivity contribution in [2.75, 3.05) is 43.0 Å². The molecular formula is C25H30Cl2N4O4. The van der Waals surface area contributed by atoms with E-state index in [9.17, 15) is 14.9 Å². The third kappa shape index (κ3) is 6.57. The molecule has 1 N–H and O–H groups in total. The van der Waals surface area contributed by atoms with E-state index in [2.05, 4.69) is 10.2 Å². The van der Waals surface area contributed by atoms with E-state index >= 15 is 0 Å². The van der Waals surface area contributed by atoms with Crippen LogP contribution in [0.3, 0.4) is 0 Å². The summed E-state index contributed by atoms with van der Waals surface area (Å²) in [5.41, 5.74) is 2.61. The van der Waals surface area contributed by atoms with Gasteiger partial charge in [-0.2, -0.15) is 0 Å². The second-order valence-electron chi connectivity index (χ2n) is 9.15. The summed E-state index contributed by atoms with van der Waals surface area (Å²) < 4.78 is 5.96. The van der Waals surface area contributed by atoms with E-state index in [4.69, 9.17) is 27.9 Å². The Balaban J connectivity index is 1.17. The fourth-order valence-corrected chi connectivity index (χ4v) is 5.30. The first-order chi connectivity index (χ1) is 16.8. The monoisotopic (exact) mass is 520 g/mol. The molecule has 0 atom stereocenters. The molecule has 8 nitrogen and oxygen atoms in total. The minimum Gasteiger partial charge on any atom is -0.382 e. The first-order valence-corrected chi connectivity index (χ1v) is 12.7. The molecule has 2 aliphatic rings. The van der Waals surface area contributed by atoms with Gasteiger partial charge in [-0.25, -0.2) is 0 Å². The number of benzene rings is 2. The number of anilines is 2. The molecular weight excluding hydrogens is 491 g/mol. The third-order valence-electron chi connectivity index (χ3n) is 6.76. The highest BCUT2D eigenvalue weighted by Crippen LogP contribution is 2.30. The molecule has 2 fully saturated rings. The molecule has 1 saturated carbocycles. The molecule has 35 heavy (non-hydrogen) atoms. The van der Waals surface area contributed by atoms with Crippen LogP contribution in [0, 0.1) is 17.0 Å². The lowest BCUT2D eigenvalue weighted by Gasteiger charge is -2.37. The average molecular weight is 521 g/mol. The molecule has 0 spiro atoms. The Kier molecular flexibility index (Phi) is 8.36. The Morgan fingerprint density at radius 2 is 1.80 bits per heavy atom. The summed E-state index contributed by atoms with van der Waals surface area (Å²) in [5, 5.41) is 15.7. The number of nitrogens with zero attached hydrogens (tertiary/aromatic N) is 3. The average Bonchev–Trinajstić information content (AvgIpc) is 2.83. The van der Waals surface area contributed by atoms with Gasteiger partial charge in [0, 0.05) is 54.6 Å². The van der Waals surface area contributed by atoms with E-state index in [1.54, 1.807) is 25.1 Å². The lowest BCUT2D eigenvalue weighted by molar-refractivity contribution is -0.385. The quantitative estimate of drug-likeness (QED) is 0.393. The van der Waals surface area contributed by atoms with Gasteiger partial charge in [0.05, 0.1) is 21.7 Å². The first kappa shape index (κ1) is 25.5. The SMILES string of the molecule is Cc1cc(NC2CCC(OCC(=O)N3CCN(c4ccc(Cl)cc4Cl)CC3)CC2)ccc1[N+](=O)[O-]. The van der Waals surface area contributed by atoms with Crippen molar-refractivity contribution in [2.24, 2.45) is 0 Å². The van der Waals surface area contributed by atoms with Gasteiger partial charge in [0.15, 0.2) is 0 Å². The number of rotatable bonds is 7. The number of piperazine rings is 1. The fraction of sp³-hybridized carbons (Fsp3) is 0.480. The highest BCUT2D eigenvalue weighted by Gasteiger charge is 2.26. The predicted octanol–water partition coefficient (Wildman–Crippen LogP) is 5.30. The van der Waals surface area contributed by atoms with Crippen LogP contribution in [-0.4, -0.2) is 60.7 Å². The number of nitro benzene ring substituents is 1. The van der Waals surface area contributed by atoms with Gasteiger partial charge in [-0.15, -0.1) is 0 Å². The summed E-state index contributed by atoms with van der Waals surface area (Å²) in [6.07, 6.45) is 3.68. The highest BCUT2D eigenvalue weighted by atomic mass is 35.5. The van der Waals surface area contributed by atoms with Crippen LogP contribution in [0.1, 0.15) is 31.2 Å². The van der Waals surface area contributed by atoms with Crippen molar-refractivity contribution in [3.8, 4) is 0 Å². The second kappa shape index (κ2) is 11.5.